The van der Waals surface area contributed by atoms with Crippen molar-refractivity contribution in [1.29, 1.82) is 0 Å². The highest BCUT2D eigenvalue weighted by Crippen LogP contribution is 2.61. The second-order valence-corrected chi connectivity index (χ2v) is 5.70. The predicted octanol–water partition coefficient (Wildman–Crippen LogP) is 2.12. The molecule has 2 aliphatic rings. The Hall–Kier alpha value is -0.870. The highest BCUT2D eigenvalue weighted by molar-refractivity contribution is 5.77. The second-order valence-electron chi connectivity index (χ2n) is 5.70. The van der Waals surface area contributed by atoms with E-state index in [9.17, 15) is 15.0 Å². The van der Waals surface area contributed by atoms with Gasteiger partial charge in [-0.15, -0.1) is 6.58 Å². The van der Waals surface area contributed by atoms with Gasteiger partial charge in [0.25, 0.3) is 0 Å². The average Bonchev–Trinajstić information content (AvgIpc) is 2.57. The molecule has 0 aromatic rings. The molecule has 0 aromatic heterocycles. The standard InChI is InChI=1S/C14H22O4/c1-3-6-14(4-2)13(11(16)17)8-5-7-12(9-13,10-15)18-14/h3,15H,1,4-10H2,2H3,(H,16,17)/t12?,13?,14-/m0/s1. The summed E-state index contributed by atoms with van der Waals surface area (Å²) in [5.74, 6) is -0.791. The van der Waals surface area contributed by atoms with Crippen LogP contribution in [-0.2, 0) is 9.53 Å². The fourth-order valence-corrected chi connectivity index (χ4v) is 4.00. The first-order chi connectivity index (χ1) is 8.50. The molecular formula is C14H22O4. The lowest BCUT2D eigenvalue weighted by Gasteiger charge is -2.40. The molecule has 4 heteroatoms. The smallest absolute Gasteiger partial charge is 0.312 e. The van der Waals surface area contributed by atoms with E-state index in [1.54, 1.807) is 6.08 Å². The van der Waals surface area contributed by atoms with E-state index in [0.29, 0.717) is 25.7 Å². The Morgan fingerprint density at radius 1 is 1.50 bits per heavy atom. The molecule has 18 heavy (non-hydrogen) atoms. The lowest BCUT2D eigenvalue weighted by atomic mass is 9.61. The van der Waals surface area contributed by atoms with Crippen LogP contribution in [0.1, 0.15) is 45.4 Å². The number of aliphatic hydroxyl groups excluding tert-OH is 1. The zero-order chi connectivity index (χ0) is 13.4. The Bertz CT molecular complexity index is 367. The minimum absolute atomic E-state index is 0.0963. The summed E-state index contributed by atoms with van der Waals surface area (Å²) in [6.07, 6.45) is 5.49. The lowest BCUT2D eigenvalue weighted by molar-refractivity contribution is -0.167. The van der Waals surface area contributed by atoms with Gasteiger partial charge in [0.15, 0.2) is 0 Å². The van der Waals surface area contributed by atoms with E-state index in [2.05, 4.69) is 6.58 Å². The molecule has 1 heterocycles. The van der Waals surface area contributed by atoms with Gasteiger partial charge in [0, 0.05) is 0 Å². The third kappa shape index (κ3) is 1.55. The number of hydrogen-bond acceptors (Lipinski definition) is 3. The number of fused-ring (bicyclic) bond motifs is 2. The molecule has 0 radical (unpaired) electrons. The van der Waals surface area contributed by atoms with E-state index in [4.69, 9.17) is 4.74 Å². The van der Waals surface area contributed by atoms with Crippen molar-refractivity contribution in [3.8, 4) is 0 Å². The largest absolute Gasteiger partial charge is 0.481 e. The molecule has 1 aliphatic carbocycles. The summed E-state index contributed by atoms with van der Waals surface area (Å²) >= 11 is 0. The van der Waals surface area contributed by atoms with Crippen molar-refractivity contribution in [3.05, 3.63) is 12.7 Å². The van der Waals surface area contributed by atoms with E-state index < -0.39 is 22.6 Å². The Labute approximate surface area is 108 Å². The van der Waals surface area contributed by atoms with Crippen LogP contribution in [0.5, 0.6) is 0 Å². The highest BCUT2D eigenvalue weighted by atomic mass is 16.5. The Morgan fingerprint density at radius 2 is 2.22 bits per heavy atom. The summed E-state index contributed by atoms with van der Waals surface area (Å²) in [6.45, 7) is 5.60. The maximum Gasteiger partial charge on any atom is 0.312 e. The van der Waals surface area contributed by atoms with Crippen LogP contribution in [0, 0.1) is 5.41 Å². The van der Waals surface area contributed by atoms with Gasteiger partial charge in [-0.2, -0.15) is 0 Å². The summed E-state index contributed by atoms with van der Waals surface area (Å²) in [5, 5.41) is 19.3. The average molecular weight is 254 g/mol. The van der Waals surface area contributed by atoms with Gasteiger partial charge in [-0.25, -0.2) is 0 Å². The van der Waals surface area contributed by atoms with Gasteiger partial charge in [0.2, 0.25) is 0 Å². The van der Waals surface area contributed by atoms with Gasteiger partial charge in [0.1, 0.15) is 0 Å². The number of hydrogen-bond donors (Lipinski definition) is 2. The van der Waals surface area contributed by atoms with Crippen molar-refractivity contribution in [2.45, 2.75) is 56.7 Å². The molecule has 0 spiro atoms. The third-order valence-electron chi connectivity index (χ3n) is 4.89. The summed E-state index contributed by atoms with van der Waals surface area (Å²) in [4.78, 5) is 11.8. The lowest BCUT2D eigenvalue weighted by Crippen LogP contribution is -2.49. The zero-order valence-electron chi connectivity index (χ0n) is 10.9. The van der Waals surface area contributed by atoms with Crippen LogP contribution in [0.15, 0.2) is 12.7 Å². The molecule has 2 fully saturated rings. The number of aliphatic carboxylic acids is 1. The fourth-order valence-electron chi connectivity index (χ4n) is 4.00. The van der Waals surface area contributed by atoms with E-state index in [0.717, 1.165) is 12.8 Å². The third-order valence-corrected chi connectivity index (χ3v) is 4.89. The van der Waals surface area contributed by atoms with Crippen molar-refractivity contribution in [2.75, 3.05) is 6.61 Å². The summed E-state index contributed by atoms with van der Waals surface area (Å²) in [6, 6.07) is 0. The zero-order valence-corrected chi connectivity index (χ0v) is 10.9. The van der Waals surface area contributed by atoms with Gasteiger partial charge >= 0.3 is 5.97 Å². The van der Waals surface area contributed by atoms with Crippen molar-refractivity contribution >= 4 is 5.97 Å². The Balaban J connectivity index is 2.50. The minimum atomic E-state index is -0.864. The van der Waals surface area contributed by atoms with Gasteiger partial charge in [-0.3, -0.25) is 4.79 Å². The fraction of sp³-hybridized carbons (Fsp3) is 0.786. The number of rotatable bonds is 5. The van der Waals surface area contributed by atoms with Crippen LogP contribution in [0.25, 0.3) is 0 Å². The Kier molecular flexibility index (Phi) is 3.28. The predicted molar refractivity (Wildman–Crippen MR) is 67.3 cm³/mol. The van der Waals surface area contributed by atoms with Crippen LogP contribution in [-0.4, -0.2) is 34.0 Å². The number of aliphatic hydroxyl groups is 1. The molecule has 1 aliphatic heterocycles. The van der Waals surface area contributed by atoms with Crippen LogP contribution in [0.3, 0.4) is 0 Å². The van der Waals surface area contributed by atoms with Gasteiger partial charge in [0.05, 0.1) is 23.2 Å². The van der Waals surface area contributed by atoms with E-state index in [1.807, 2.05) is 6.92 Å². The molecule has 0 amide bonds. The van der Waals surface area contributed by atoms with E-state index in [-0.39, 0.29) is 6.61 Å². The number of ether oxygens (including phenoxy) is 1. The van der Waals surface area contributed by atoms with Gasteiger partial charge in [-0.05, 0) is 38.5 Å². The highest BCUT2D eigenvalue weighted by Gasteiger charge is 2.68. The van der Waals surface area contributed by atoms with Crippen LogP contribution >= 0.6 is 0 Å². The first-order valence-corrected chi connectivity index (χ1v) is 6.65. The van der Waals surface area contributed by atoms with Crippen LogP contribution < -0.4 is 0 Å². The first-order valence-electron chi connectivity index (χ1n) is 6.65. The van der Waals surface area contributed by atoms with Crippen LogP contribution in [0.4, 0.5) is 0 Å². The maximum absolute atomic E-state index is 11.8. The first kappa shape index (κ1) is 13.6. The summed E-state index contributed by atoms with van der Waals surface area (Å²) in [7, 11) is 0. The van der Waals surface area contributed by atoms with Crippen molar-refractivity contribution in [3.63, 3.8) is 0 Å². The molecule has 2 bridgehead atoms. The molecule has 102 valence electrons. The quantitative estimate of drug-likeness (QED) is 0.737. The molecule has 0 aromatic carbocycles. The molecule has 3 atom stereocenters. The van der Waals surface area contributed by atoms with Crippen LogP contribution in [0.2, 0.25) is 0 Å². The molecule has 2 N–H and O–H groups in total. The summed E-state index contributed by atoms with van der Waals surface area (Å²) in [5.41, 5.74) is -2.23. The number of carbonyl (C=O) groups is 1. The topological polar surface area (TPSA) is 66.8 Å². The molecule has 4 nitrogen and oxygen atoms in total. The molecule has 2 unspecified atom stereocenters. The second kappa shape index (κ2) is 4.35. The number of carboxylic acids is 1. The number of carboxylic acid groups (broad SMARTS) is 1. The van der Waals surface area contributed by atoms with Crippen molar-refractivity contribution in [2.24, 2.45) is 5.41 Å². The normalized spacial score (nSPS) is 42.8. The molecular weight excluding hydrogens is 232 g/mol. The minimum Gasteiger partial charge on any atom is -0.481 e. The van der Waals surface area contributed by atoms with Crippen molar-refractivity contribution < 1.29 is 19.7 Å². The van der Waals surface area contributed by atoms with Gasteiger partial charge in [-0.1, -0.05) is 13.0 Å². The molecule has 1 saturated carbocycles. The Morgan fingerprint density at radius 3 is 2.72 bits per heavy atom. The molecule has 1 saturated heterocycles. The van der Waals surface area contributed by atoms with E-state index >= 15 is 0 Å². The summed E-state index contributed by atoms with van der Waals surface area (Å²) < 4.78 is 6.16. The maximum atomic E-state index is 11.8. The van der Waals surface area contributed by atoms with E-state index in [1.165, 1.54) is 0 Å². The molecule has 2 rings (SSSR count). The van der Waals surface area contributed by atoms with Gasteiger partial charge < -0.3 is 14.9 Å². The SMILES string of the molecule is C=CC[C@]1(CC)OC2(CO)CCCC1(C(=O)O)C2. The van der Waals surface area contributed by atoms with Crippen molar-refractivity contribution in [1.82, 2.24) is 0 Å². The monoisotopic (exact) mass is 254 g/mol.